The maximum absolute atomic E-state index is 13.8. The topological polar surface area (TPSA) is 43.4 Å². The van der Waals surface area contributed by atoms with Crippen molar-refractivity contribution >= 4 is 10.1 Å². The molecule has 1 aromatic carbocycles. The third-order valence-electron chi connectivity index (χ3n) is 6.94. The standard InChI is InChI=1S/C20H22F6O3S/c1-17(21,22)19(23,24)20(25,26)30(27,28)29-16-4-2-15(3-5-16)18-9-12-6-13(10-18)8-14(7-12)11-18/h2-5,12-14H,6-11H2,1H3. The third kappa shape index (κ3) is 3.20. The van der Waals surface area contributed by atoms with Gasteiger partial charge in [-0.15, -0.1) is 0 Å². The Bertz CT molecular complexity index is 886. The van der Waals surface area contributed by atoms with E-state index in [1.807, 2.05) is 0 Å². The van der Waals surface area contributed by atoms with Crippen molar-refractivity contribution in [2.24, 2.45) is 17.8 Å². The fourth-order valence-corrected chi connectivity index (χ4v) is 6.88. The number of hydrogen-bond donors (Lipinski definition) is 0. The molecule has 0 spiro atoms. The van der Waals surface area contributed by atoms with Gasteiger partial charge in [0.2, 0.25) is 0 Å². The smallest absolute Gasteiger partial charge is 0.378 e. The minimum atomic E-state index is -6.37. The molecule has 0 radical (unpaired) electrons. The van der Waals surface area contributed by atoms with E-state index >= 15 is 0 Å². The normalized spacial score (nSPS) is 31.8. The predicted octanol–water partition coefficient (Wildman–Crippen LogP) is 5.75. The number of rotatable bonds is 6. The van der Waals surface area contributed by atoms with Crippen LogP contribution in [0.5, 0.6) is 5.75 Å². The van der Waals surface area contributed by atoms with Crippen molar-refractivity contribution in [2.45, 2.75) is 68.0 Å². The zero-order valence-corrected chi connectivity index (χ0v) is 17.0. The van der Waals surface area contributed by atoms with Gasteiger partial charge < -0.3 is 4.18 Å². The Morgan fingerprint density at radius 2 is 1.30 bits per heavy atom. The Morgan fingerprint density at radius 1 is 0.867 bits per heavy atom. The van der Waals surface area contributed by atoms with Crippen LogP contribution < -0.4 is 4.18 Å². The van der Waals surface area contributed by atoms with Gasteiger partial charge in [-0.2, -0.15) is 34.8 Å². The van der Waals surface area contributed by atoms with Crippen LogP contribution in [0.15, 0.2) is 24.3 Å². The number of hydrogen-bond acceptors (Lipinski definition) is 3. The average molecular weight is 456 g/mol. The SMILES string of the molecule is CC(F)(F)C(F)(F)C(F)(F)S(=O)(=O)Oc1ccc(C23CC4CC(CC(C4)C2)C3)cc1. The van der Waals surface area contributed by atoms with E-state index in [4.69, 9.17) is 0 Å². The van der Waals surface area contributed by atoms with E-state index in [1.165, 1.54) is 19.3 Å². The zero-order chi connectivity index (χ0) is 22.2. The van der Waals surface area contributed by atoms with Crippen LogP contribution in [0.4, 0.5) is 26.3 Å². The Balaban J connectivity index is 1.55. The van der Waals surface area contributed by atoms with Crippen molar-refractivity contribution in [3.8, 4) is 5.75 Å². The summed E-state index contributed by atoms with van der Waals surface area (Å²) in [5.74, 6) is -10.1. The molecule has 0 unspecified atom stereocenters. The van der Waals surface area contributed by atoms with Crippen LogP contribution in [0.25, 0.3) is 0 Å². The lowest BCUT2D eigenvalue weighted by Crippen LogP contribution is -2.57. The second-order valence-electron chi connectivity index (χ2n) is 9.24. The average Bonchev–Trinajstić information content (AvgIpc) is 2.59. The lowest BCUT2D eigenvalue weighted by atomic mass is 9.48. The largest absolute Gasteiger partial charge is 0.449 e. The van der Waals surface area contributed by atoms with E-state index in [0.29, 0.717) is 17.8 Å². The molecule has 0 aliphatic heterocycles. The van der Waals surface area contributed by atoms with Gasteiger partial charge in [0.15, 0.2) is 0 Å². The summed E-state index contributed by atoms with van der Waals surface area (Å²) >= 11 is 0. The molecule has 5 rings (SSSR count). The second kappa shape index (κ2) is 6.53. The first-order valence-corrected chi connectivity index (χ1v) is 11.3. The molecule has 0 atom stereocenters. The van der Waals surface area contributed by atoms with Gasteiger partial charge >= 0.3 is 27.2 Å². The van der Waals surface area contributed by atoms with Gasteiger partial charge in [0.1, 0.15) is 5.75 Å². The van der Waals surface area contributed by atoms with Gasteiger partial charge in [0, 0.05) is 6.92 Å². The van der Waals surface area contributed by atoms with Crippen molar-refractivity contribution in [3.05, 3.63) is 29.8 Å². The molecule has 4 aliphatic carbocycles. The summed E-state index contributed by atoms with van der Waals surface area (Å²) in [6, 6.07) is 5.35. The van der Waals surface area contributed by atoms with E-state index in [2.05, 4.69) is 4.18 Å². The monoisotopic (exact) mass is 456 g/mol. The summed E-state index contributed by atoms with van der Waals surface area (Å²) in [7, 11) is -6.37. The summed E-state index contributed by atoms with van der Waals surface area (Å²) in [5.41, 5.74) is 0.886. The lowest BCUT2D eigenvalue weighted by molar-refractivity contribution is -0.272. The minimum Gasteiger partial charge on any atom is -0.378 e. The molecule has 4 bridgehead atoms. The highest BCUT2D eigenvalue weighted by molar-refractivity contribution is 7.88. The van der Waals surface area contributed by atoms with Crippen molar-refractivity contribution in [2.75, 3.05) is 0 Å². The first-order valence-electron chi connectivity index (χ1n) is 9.85. The zero-order valence-electron chi connectivity index (χ0n) is 16.2. The van der Waals surface area contributed by atoms with E-state index < -0.39 is 39.9 Å². The van der Waals surface area contributed by atoms with Gasteiger partial charge in [-0.05, 0) is 79.4 Å². The molecule has 4 aliphatic rings. The predicted molar refractivity (Wildman–Crippen MR) is 96.4 cm³/mol. The molecular weight excluding hydrogens is 434 g/mol. The van der Waals surface area contributed by atoms with Crippen LogP contribution in [0.3, 0.4) is 0 Å². The minimum absolute atomic E-state index is 0.0482. The van der Waals surface area contributed by atoms with Crippen LogP contribution in [0.2, 0.25) is 0 Å². The molecule has 0 saturated heterocycles. The summed E-state index contributed by atoms with van der Waals surface area (Å²) in [6.07, 6.45) is 6.66. The fraction of sp³-hybridized carbons (Fsp3) is 0.700. The molecule has 0 amide bonds. The molecule has 4 fully saturated rings. The summed E-state index contributed by atoms with van der Waals surface area (Å²) in [6.45, 7) is -0.475. The number of halogens is 6. The highest BCUT2D eigenvalue weighted by atomic mass is 32.2. The van der Waals surface area contributed by atoms with Gasteiger partial charge in [0.05, 0.1) is 0 Å². The van der Waals surface area contributed by atoms with Crippen LogP contribution in [-0.2, 0) is 15.5 Å². The van der Waals surface area contributed by atoms with Gasteiger partial charge in [0.25, 0.3) is 0 Å². The maximum Gasteiger partial charge on any atom is 0.449 e. The van der Waals surface area contributed by atoms with Crippen molar-refractivity contribution in [3.63, 3.8) is 0 Å². The van der Waals surface area contributed by atoms with E-state index in [-0.39, 0.29) is 5.41 Å². The Hall–Kier alpha value is -1.45. The first kappa shape index (κ1) is 21.8. The molecule has 1 aromatic rings. The highest BCUT2D eigenvalue weighted by Gasteiger charge is 2.76. The summed E-state index contributed by atoms with van der Waals surface area (Å²) in [4.78, 5) is 0. The van der Waals surface area contributed by atoms with Crippen LogP contribution in [0, 0.1) is 17.8 Å². The van der Waals surface area contributed by atoms with E-state index in [1.54, 1.807) is 12.1 Å². The molecular formula is C20H22F6O3S. The Morgan fingerprint density at radius 3 is 1.70 bits per heavy atom. The second-order valence-corrected chi connectivity index (χ2v) is 10.8. The summed E-state index contributed by atoms with van der Waals surface area (Å²) < 4.78 is 108. The van der Waals surface area contributed by atoms with Crippen molar-refractivity contribution in [1.82, 2.24) is 0 Å². The molecule has 30 heavy (non-hydrogen) atoms. The molecule has 0 aromatic heterocycles. The van der Waals surface area contributed by atoms with Gasteiger partial charge in [-0.1, -0.05) is 12.1 Å². The molecule has 168 valence electrons. The van der Waals surface area contributed by atoms with Gasteiger partial charge in [-0.25, -0.2) is 0 Å². The van der Waals surface area contributed by atoms with Crippen LogP contribution >= 0.6 is 0 Å². The van der Waals surface area contributed by atoms with Crippen molar-refractivity contribution in [1.29, 1.82) is 0 Å². The number of benzene rings is 1. The molecule has 4 saturated carbocycles. The van der Waals surface area contributed by atoms with Gasteiger partial charge in [-0.3, -0.25) is 0 Å². The maximum atomic E-state index is 13.8. The lowest BCUT2D eigenvalue weighted by Gasteiger charge is -2.57. The van der Waals surface area contributed by atoms with Crippen molar-refractivity contribution < 1.29 is 38.9 Å². The molecule has 10 heteroatoms. The fourth-order valence-electron chi connectivity index (χ4n) is 5.92. The van der Waals surface area contributed by atoms with E-state index in [0.717, 1.165) is 37.0 Å². The molecule has 0 heterocycles. The van der Waals surface area contributed by atoms with Crippen LogP contribution in [-0.4, -0.2) is 25.5 Å². The van der Waals surface area contributed by atoms with Crippen LogP contribution in [0.1, 0.15) is 51.0 Å². The molecule has 3 nitrogen and oxygen atoms in total. The highest BCUT2D eigenvalue weighted by Crippen LogP contribution is 2.60. The first-order chi connectivity index (χ1) is 13.7. The third-order valence-corrected chi connectivity index (χ3v) is 8.24. The van der Waals surface area contributed by atoms with E-state index in [9.17, 15) is 34.8 Å². The quantitative estimate of drug-likeness (QED) is 0.405. The molecule has 0 N–H and O–H groups in total. The number of alkyl halides is 6. The Kier molecular flexibility index (Phi) is 4.74. The summed E-state index contributed by atoms with van der Waals surface area (Å²) in [5, 5.41) is -6.11. The Labute approximate surface area is 170 Å².